The lowest BCUT2D eigenvalue weighted by Gasteiger charge is -2.45. The van der Waals surface area contributed by atoms with Crippen molar-refractivity contribution in [3.8, 4) is 0 Å². The van der Waals surface area contributed by atoms with Crippen molar-refractivity contribution in [1.29, 1.82) is 0 Å². The van der Waals surface area contributed by atoms with Gasteiger partial charge in [-0.05, 0) is 39.2 Å². The number of anilines is 1. The van der Waals surface area contributed by atoms with E-state index in [-0.39, 0.29) is 47.1 Å². The largest absolute Gasteiger partial charge is 0.417 e. The number of amidine groups is 1. The quantitative estimate of drug-likeness (QED) is 0.169. The maximum Gasteiger partial charge on any atom is 0.417 e. The van der Waals surface area contributed by atoms with E-state index in [0.29, 0.717) is 49.7 Å². The van der Waals surface area contributed by atoms with Crippen LogP contribution in [0.1, 0.15) is 30.5 Å². The number of allylic oxidation sites excluding steroid dienone is 4. The van der Waals surface area contributed by atoms with E-state index >= 15 is 0 Å². The molecule has 42 heavy (non-hydrogen) atoms. The van der Waals surface area contributed by atoms with Gasteiger partial charge in [-0.2, -0.15) is 13.2 Å². The Hall–Kier alpha value is -2.38. The van der Waals surface area contributed by atoms with Crippen LogP contribution < -0.4 is 5.32 Å². The van der Waals surface area contributed by atoms with E-state index < -0.39 is 22.6 Å². The Kier molecular flexibility index (Phi) is 12.5. The number of halogens is 6. The van der Waals surface area contributed by atoms with Gasteiger partial charge in [0, 0.05) is 60.1 Å². The summed E-state index contributed by atoms with van der Waals surface area (Å²) >= 11 is 7.09. The molecule has 1 N–H and O–H groups in total. The van der Waals surface area contributed by atoms with Gasteiger partial charge in [-0.1, -0.05) is 24.3 Å². The summed E-state index contributed by atoms with van der Waals surface area (Å²) in [6.45, 7) is 10.0. The van der Waals surface area contributed by atoms with E-state index in [2.05, 4.69) is 23.7 Å². The van der Waals surface area contributed by atoms with Crippen LogP contribution in [0.5, 0.6) is 0 Å². The number of nitrogens with zero attached hydrogens (tertiary/aromatic N) is 3. The van der Waals surface area contributed by atoms with Crippen molar-refractivity contribution in [2.24, 2.45) is 4.99 Å². The lowest BCUT2D eigenvalue weighted by atomic mass is 9.97. The number of thioether (sulfide) groups is 1. The maximum atomic E-state index is 14.6. The Morgan fingerprint density at radius 2 is 1.98 bits per heavy atom. The first-order valence-corrected chi connectivity index (χ1v) is 14.7. The number of ether oxygens (including phenoxy) is 2. The van der Waals surface area contributed by atoms with Crippen molar-refractivity contribution in [2.75, 3.05) is 58.1 Å². The Bertz CT molecular complexity index is 1240. The second-order valence-corrected chi connectivity index (χ2v) is 11.5. The summed E-state index contributed by atoms with van der Waals surface area (Å²) in [6.07, 6.45) is -0.856. The van der Waals surface area contributed by atoms with Gasteiger partial charge in [-0.15, -0.1) is 11.8 Å². The molecule has 0 spiro atoms. The number of nitrogens with one attached hydrogen (secondary N) is 1. The monoisotopic (exact) mass is 634 g/mol. The van der Waals surface area contributed by atoms with Gasteiger partial charge in [-0.3, -0.25) is 9.89 Å². The summed E-state index contributed by atoms with van der Waals surface area (Å²) < 4.78 is 81.3. The lowest BCUT2D eigenvalue weighted by molar-refractivity contribution is -0.137. The smallest absolute Gasteiger partial charge is 0.382 e. The number of alkyl halides is 3. The highest BCUT2D eigenvalue weighted by Gasteiger charge is 2.39. The molecule has 3 atom stereocenters. The molecule has 13 heteroatoms. The van der Waals surface area contributed by atoms with Crippen molar-refractivity contribution in [1.82, 2.24) is 9.80 Å². The fraction of sp³-hybridized carbons (Fsp3) is 0.483. The van der Waals surface area contributed by atoms with Crippen LogP contribution in [-0.4, -0.2) is 86.6 Å². The Morgan fingerprint density at radius 3 is 2.62 bits per heavy atom. The molecular weight excluding hydrogens is 599 g/mol. The van der Waals surface area contributed by atoms with Crippen molar-refractivity contribution in [3.63, 3.8) is 0 Å². The standard InChI is InChI=1S/C29H36ClF5N4O2S/c1-6-36-26-22-13-23(29(33,34)35)21(7-8-24(30)25(32)9-10-31)27(26)42-17-20(16-41-12-11-40-5)37-28(22)39-15-18(2)38(4)14-19(39)3/h6-10,13,18-20,36H,1,11-12,14-17H2,2-5H3/b8-7+,10-9+,25-24-,37-28?/t18-,19?,20?/m1/s1. The molecular formula is C29H36ClF5N4O2S. The predicted molar refractivity (Wildman–Crippen MR) is 161 cm³/mol. The highest BCUT2D eigenvalue weighted by molar-refractivity contribution is 7.99. The third kappa shape index (κ3) is 8.37. The highest BCUT2D eigenvalue weighted by Crippen LogP contribution is 2.45. The fourth-order valence-electron chi connectivity index (χ4n) is 4.75. The molecule has 0 amide bonds. The molecule has 1 fully saturated rings. The highest BCUT2D eigenvalue weighted by atomic mass is 35.5. The van der Waals surface area contributed by atoms with Crippen LogP contribution in [-0.2, 0) is 15.7 Å². The maximum absolute atomic E-state index is 14.6. The van der Waals surface area contributed by atoms with Gasteiger partial charge in [0.15, 0.2) is 0 Å². The average molecular weight is 635 g/mol. The molecule has 1 aromatic rings. The van der Waals surface area contributed by atoms with Gasteiger partial charge in [0.2, 0.25) is 0 Å². The van der Waals surface area contributed by atoms with Crippen LogP contribution in [0.4, 0.5) is 27.6 Å². The molecule has 3 rings (SSSR count). The van der Waals surface area contributed by atoms with E-state index in [9.17, 15) is 22.0 Å². The summed E-state index contributed by atoms with van der Waals surface area (Å²) in [7, 11) is 3.58. The molecule has 2 bridgehead atoms. The van der Waals surface area contributed by atoms with Crippen molar-refractivity contribution >= 4 is 41.0 Å². The third-order valence-corrected chi connectivity index (χ3v) is 8.55. The van der Waals surface area contributed by atoms with Crippen molar-refractivity contribution in [3.05, 3.63) is 64.9 Å². The van der Waals surface area contributed by atoms with Crippen LogP contribution in [0, 0.1) is 0 Å². The molecule has 1 saturated heterocycles. The number of methoxy groups -OCH3 is 1. The third-order valence-electron chi connectivity index (χ3n) is 6.98. The topological polar surface area (TPSA) is 49.3 Å². The molecule has 2 heterocycles. The Morgan fingerprint density at radius 1 is 1.24 bits per heavy atom. The minimum absolute atomic E-state index is 0.0448. The number of benzene rings is 1. The molecule has 2 aliphatic heterocycles. The van der Waals surface area contributed by atoms with E-state index in [0.717, 1.165) is 18.2 Å². The first-order valence-electron chi connectivity index (χ1n) is 13.3. The summed E-state index contributed by atoms with van der Waals surface area (Å²) in [5.41, 5.74) is -0.492. The normalized spacial score (nSPS) is 22.7. The van der Waals surface area contributed by atoms with Gasteiger partial charge in [0.25, 0.3) is 0 Å². The minimum atomic E-state index is -4.77. The van der Waals surface area contributed by atoms with E-state index in [1.807, 2.05) is 18.9 Å². The predicted octanol–water partition coefficient (Wildman–Crippen LogP) is 7.09. The SMILES string of the molecule is C=CNc1c2cc(C(F)(F)F)c(/C=C/C(Cl)=C(F)\C=C\F)c1SCC(COCCOC)N=C2N1C[C@@H](C)N(C)CC1C. The lowest BCUT2D eigenvalue weighted by Crippen LogP contribution is -2.57. The molecule has 232 valence electrons. The van der Waals surface area contributed by atoms with E-state index in [4.69, 9.17) is 26.1 Å². The van der Waals surface area contributed by atoms with Gasteiger partial charge >= 0.3 is 6.18 Å². The number of aliphatic imine (C=N–C) groups is 1. The number of likely N-dealkylation sites (N-methyl/N-ethyl adjacent to an activating group) is 1. The first kappa shape index (κ1) is 34.1. The number of rotatable bonds is 10. The Labute approximate surface area is 253 Å². The minimum Gasteiger partial charge on any atom is -0.382 e. The Balaban J connectivity index is 2.29. The van der Waals surface area contributed by atoms with Gasteiger partial charge in [0.1, 0.15) is 11.7 Å². The molecule has 0 saturated carbocycles. The van der Waals surface area contributed by atoms with Crippen LogP contribution >= 0.6 is 23.4 Å². The fourth-order valence-corrected chi connectivity index (χ4v) is 6.05. The molecule has 0 aliphatic carbocycles. The van der Waals surface area contributed by atoms with Gasteiger partial charge < -0.3 is 19.7 Å². The zero-order chi connectivity index (χ0) is 31.0. The zero-order valence-corrected chi connectivity index (χ0v) is 25.6. The van der Waals surface area contributed by atoms with Crippen molar-refractivity contribution in [2.45, 2.75) is 43.0 Å². The van der Waals surface area contributed by atoms with Crippen LogP contribution in [0.25, 0.3) is 6.08 Å². The molecule has 2 aliphatic rings. The summed E-state index contributed by atoms with van der Waals surface area (Å²) in [5, 5.41) is 2.49. The summed E-state index contributed by atoms with van der Waals surface area (Å²) in [6, 6.07) is 0.757. The zero-order valence-electron chi connectivity index (χ0n) is 24.0. The average Bonchev–Trinajstić information content (AvgIpc) is 2.92. The van der Waals surface area contributed by atoms with E-state index in [1.54, 1.807) is 7.11 Å². The summed E-state index contributed by atoms with van der Waals surface area (Å²) in [5.74, 6) is -0.405. The van der Waals surface area contributed by atoms with Gasteiger partial charge in [0.05, 0.1) is 48.5 Å². The van der Waals surface area contributed by atoms with Crippen molar-refractivity contribution < 1.29 is 31.4 Å². The molecule has 0 radical (unpaired) electrons. The second kappa shape index (κ2) is 15.4. The van der Waals surface area contributed by atoms with Crippen LogP contribution in [0.2, 0.25) is 0 Å². The number of hydrogen-bond acceptors (Lipinski definition) is 7. The summed E-state index contributed by atoms with van der Waals surface area (Å²) in [4.78, 5) is 9.52. The number of fused-ring (bicyclic) bond motifs is 2. The molecule has 6 nitrogen and oxygen atoms in total. The molecule has 1 aromatic carbocycles. The van der Waals surface area contributed by atoms with E-state index in [1.165, 1.54) is 18.0 Å². The van der Waals surface area contributed by atoms with Gasteiger partial charge in [-0.25, -0.2) is 8.78 Å². The molecule has 0 aromatic heterocycles. The number of piperazine rings is 1. The van der Waals surface area contributed by atoms with Crippen LogP contribution in [0.15, 0.2) is 58.1 Å². The second-order valence-electron chi connectivity index (χ2n) is 10.0. The number of hydrogen-bond donors (Lipinski definition) is 1. The van der Waals surface area contributed by atoms with Crippen LogP contribution in [0.3, 0.4) is 0 Å². The first-order chi connectivity index (χ1) is 19.9. The molecule has 2 unspecified atom stereocenters.